The summed E-state index contributed by atoms with van der Waals surface area (Å²) in [6, 6.07) is 4.92. The van der Waals surface area contributed by atoms with Crippen molar-refractivity contribution in [2.75, 3.05) is 6.61 Å². The minimum absolute atomic E-state index is 0.0768. The molecule has 28 heavy (non-hydrogen) atoms. The summed E-state index contributed by atoms with van der Waals surface area (Å²) >= 11 is 6.41. The highest BCUT2D eigenvalue weighted by atomic mass is 35.5. The van der Waals surface area contributed by atoms with Crippen LogP contribution in [0.3, 0.4) is 0 Å². The van der Waals surface area contributed by atoms with Gasteiger partial charge in [0.2, 0.25) is 11.7 Å². The fourth-order valence-corrected chi connectivity index (χ4v) is 3.78. The van der Waals surface area contributed by atoms with Crippen LogP contribution in [-0.4, -0.2) is 35.8 Å². The van der Waals surface area contributed by atoms with Gasteiger partial charge in [0.1, 0.15) is 17.5 Å². The van der Waals surface area contributed by atoms with E-state index in [9.17, 15) is 9.90 Å². The van der Waals surface area contributed by atoms with Crippen LogP contribution in [0.5, 0.6) is 0 Å². The third-order valence-electron chi connectivity index (χ3n) is 5.51. The number of imidazole rings is 1. The standard InChI is InChI=1S/C19H18ClN5O3/c1-10(8-26)25-14-11(20)4-3-5-12(14)24-9-21-13(15(24)17(25)27)16-22-18(28-23-16)19(2)6-7-19/h3-5,9-10,26H,6-8H2,1-2H3. The van der Waals surface area contributed by atoms with Crippen molar-refractivity contribution < 1.29 is 9.63 Å². The molecule has 0 bridgehead atoms. The number of fused-ring (bicyclic) bond motifs is 3. The summed E-state index contributed by atoms with van der Waals surface area (Å²) in [5.74, 6) is 0.851. The summed E-state index contributed by atoms with van der Waals surface area (Å²) in [5.41, 5.74) is 1.53. The van der Waals surface area contributed by atoms with Crippen molar-refractivity contribution in [2.45, 2.75) is 38.1 Å². The molecule has 4 aromatic rings. The SMILES string of the molecule is CC(CO)n1c(=O)c2c(-c3noc(C4(C)CC4)n3)ncn2c2cccc(Cl)c21. The first-order chi connectivity index (χ1) is 13.4. The van der Waals surface area contributed by atoms with Crippen molar-refractivity contribution in [1.29, 1.82) is 0 Å². The van der Waals surface area contributed by atoms with Gasteiger partial charge in [-0.15, -0.1) is 0 Å². The van der Waals surface area contributed by atoms with E-state index in [4.69, 9.17) is 16.1 Å². The molecule has 0 amide bonds. The minimum atomic E-state index is -0.464. The molecule has 3 heterocycles. The highest BCUT2D eigenvalue weighted by molar-refractivity contribution is 6.35. The van der Waals surface area contributed by atoms with Crippen molar-refractivity contribution >= 4 is 28.2 Å². The maximum atomic E-state index is 13.4. The second-order valence-electron chi connectivity index (χ2n) is 7.61. The van der Waals surface area contributed by atoms with E-state index in [0.29, 0.717) is 33.2 Å². The number of benzene rings is 1. The Hall–Kier alpha value is -2.71. The van der Waals surface area contributed by atoms with Crippen LogP contribution in [-0.2, 0) is 5.41 Å². The van der Waals surface area contributed by atoms with Crippen molar-refractivity contribution in [1.82, 2.24) is 24.1 Å². The third kappa shape index (κ3) is 2.34. The zero-order chi connectivity index (χ0) is 19.6. The van der Waals surface area contributed by atoms with Gasteiger partial charge < -0.3 is 9.63 Å². The highest BCUT2D eigenvalue weighted by Crippen LogP contribution is 2.47. The Balaban J connectivity index is 1.84. The number of aromatic nitrogens is 5. The maximum Gasteiger partial charge on any atom is 0.278 e. The number of hydrogen-bond donors (Lipinski definition) is 1. The average Bonchev–Trinajstić information content (AvgIpc) is 3.12. The van der Waals surface area contributed by atoms with Crippen molar-refractivity contribution in [2.24, 2.45) is 0 Å². The number of nitrogens with zero attached hydrogens (tertiary/aromatic N) is 5. The Morgan fingerprint density at radius 2 is 2.14 bits per heavy atom. The predicted octanol–water partition coefficient (Wildman–Crippen LogP) is 2.96. The smallest absolute Gasteiger partial charge is 0.278 e. The topological polar surface area (TPSA) is 98.5 Å². The lowest BCUT2D eigenvalue weighted by Crippen LogP contribution is -2.27. The Morgan fingerprint density at radius 1 is 1.36 bits per heavy atom. The molecule has 1 aliphatic rings. The quantitative estimate of drug-likeness (QED) is 0.566. The van der Waals surface area contributed by atoms with Crippen LogP contribution in [0.4, 0.5) is 0 Å². The highest BCUT2D eigenvalue weighted by Gasteiger charge is 2.44. The number of para-hydroxylation sites is 1. The zero-order valence-corrected chi connectivity index (χ0v) is 16.1. The van der Waals surface area contributed by atoms with Crippen molar-refractivity contribution in [3.8, 4) is 11.5 Å². The number of hydrogen-bond acceptors (Lipinski definition) is 6. The molecule has 1 atom stereocenters. The molecule has 1 N–H and O–H groups in total. The fourth-order valence-electron chi connectivity index (χ4n) is 3.52. The molecule has 144 valence electrons. The van der Waals surface area contributed by atoms with E-state index in [1.54, 1.807) is 23.7 Å². The van der Waals surface area contributed by atoms with E-state index in [0.717, 1.165) is 12.8 Å². The normalized spacial score (nSPS) is 16.7. The van der Waals surface area contributed by atoms with Crippen molar-refractivity contribution in [3.63, 3.8) is 0 Å². The third-order valence-corrected chi connectivity index (χ3v) is 5.82. The van der Waals surface area contributed by atoms with Gasteiger partial charge in [0, 0.05) is 5.41 Å². The summed E-state index contributed by atoms with van der Waals surface area (Å²) in [7, 11) is 0. The van der Waals surface area contributed by atoms with Gasteiger partial charge in [-0.05, 0) is 31.9 Å². The van der Waals surface area contributed by atoms with Crippen LogP contribution >= 0.6 is 11.6 Å². The second kappa shape index (κ2) is 5.89. The Bertz CT molecular complexity index is 1280. The molecule has 0 saturated heterocycles. The average molecular weight is 400 g/mol. The van der Waals surface area contributed by atoms with E-state index in [1.807, 2.05) is 12.1 Å². The van der Waals surface area contributed by atoms with Crippen LogP contribution < -0.4 is 5.56 Å². The molecular weight excluding hydrogens is 382 g/mol. The molecule has 1 unspecified atom stereocenters. The summed E-state index contributed by atoms with van der Waals surface area (Å²) in [6.45, 7) is 3.63. The molecule has 9 heteroatoms. The minimum Gasteiger partial charge on any atom is -0.394 e. The zero-order valence-electron chi connectivity index (χ0n) is 15.4. The monoisotopic (exact) mass is 399 g/mol. The molecule has 1 saturated carbocycles. The van der Waals surface area contributed by atoms with Crippen LogP contribution in [0.1, 0.15) is 38.6 Å². The van der Waals surface area contributed by atoms with E-state index in [-0.39, 0.29) is 23.4 Å². The van der Waals surface area contributed by atoms with Gasteiger partial charge in [-0.3, -0.25) is 13.8 Å². The lowest BCUT2D eigenvalue weighted by atomic mass is 10.1. The number of aliphatic hydroxyl groups excluding tert-OH is 1. The largest absolute Gasteiger partial charge is 0.394 e. The fraction of sp³-hybridized carbons (Fsp3) is 0.368. The van der Waals surface area contributed by atoms with E-state index < -0.39 is 6.04 Å². The molecule has 0 radical (unpaired) electrons. The summed E-state index contributed by atoms with van der Waals surface area (Å²) in [5, 5.41) is 14.2. The lowest BCUT2D eigenvalue weighted by molar-refractivity contribution is 0.239. The molecule has 0 spiro atoms. The van der Waals surface area contributed by atoms with Gasteiger partial charge in [0.25, 0.3) is 5.56 Å². The molecule has 5 rings (SSSR count). The molecule has 1 aromatic carbocycles. The van der Waals surface area contributed by atoms with Gasteiger partial charge >= 0.3 is 0 Å². The number of halogens is 1. The van der Waals surface area contributed by atoms with Crippen LogP contribution in [0.2, 0.25) is 5.02 Å². The second-order valence-corrected chi connectivity index (χ2v) is 8.02. The van der Waals surface area contributed by atoms with Gasteiger partial charge in [-0.1, -0.05) is 29.7 Å². The Morgan fingerprint density at radius 3 is 2.86 bits per heavy atom. The van der Waals surface area contributed by atoms with Crippen molar-refractivity contribution in [3.05, 3.63) is 45.8 Å². The molecular formula is C19H18ClN5O3. The maximum absolute atomic E-state index is 13.4. The summed E-state index contributed by atoms with van der Waals surface area (Å²) in [6.07, 6.45) is 3.57. The van der Waals surface area contributed by atoms with Gasteiger partial charge in [-0.25, -0.2) is 4.98 Å². The lowest BCUT2D eigenvalue weighted by Gasteiger charge is -2.18. The van der Waals surface area contributed by atoms with Gasteiger partial charge in [0.15, 0.2) is 0 Å². The van der Waals surface area contributed by atoms with E-state index >= 15 is 0 Å². The van der Waals surface area contributed by atoms with E-state index in [2.05, 4.69) is 22.0 Å². The van der Waals surface area contributed by atoms with Gasteiger partial charge in [0.05, 0.1) is 28.7 Å². The van der Waals surface area contributed by atoms with Gasteiger partial charge in [-0.2, -0.15) is 4.98 Å². The van der Waals surface area contributed by atoms with Crippen LogP contribution in [0.25, 0.3) is 28.1 Å². The Kier molecular flexibility index (Phi) is 3.66. The first-order valence-electron chi connectivity index (χ1n) is 9.10. The molecule has 0 aliphatic heterocycles. The molecule has 1 fully saturated rings. The first kappa shape index (κ1) is 17.4. The Labute approximate surface area is 164 Å². The number of aliphatic hydroxyl groups is 1. The van der Waals surface area contributed by atoms with E-state index in [1.165, 1.54) is 4.57 Å². The van der Waals surface area contributed by atoms with Crippen LogP contribution in [0.15, 0.2) is 33.8 Å². The predicted molar refractivity (Wildman–Crippen MR) is 104 cm³/mol. The van der Waals surface area contributed by atoms with Crippen LogP contribution in [0, 0.1) is 0 Å². The molecule has 1 aliphatic carbocycles. The first-order valence-corrected chi connectivity index (χ1v) is 9.47. The molecule has 8 nitrogen and oxygen atoms in total. The molecule has 3 aromatic heterocycles. The summed E-state index contributed by atoms with van der Waals surface area (Å²) < 4.78 is 8.62. The number of rotatable bonds is 4. The summed E-state index contributed by atoms with van der Waals surface area (Å²) in [4.78, 5) is 22.3.